The molecule has 1 saturated carbocycles. The van der Waals surface area contributed by atoms with E-state index < -0.39 is 85.0 Å². The van der Waals surface area contributed by atoms with Gasteiger partial charge in [-0.1, -0.05) is 6.07 Å². The number of nitrogens with one attached hydrogen (secondary N) is 2. The summed E-state index contributed by atoms with van der Waals surface area (Å²) >= 11 is 0. The second-order valence-electron chi connectivity index (χ2n) is 9.47. The van der Waals surface area contributed by atoms with Crippen LogP contribution in [0.25, 0.3) is 0 Å². The fourth-order valence-corrected chi connectivity index (χ4v) is 5.03. The van der Waals surface area contributed by atoms with Crippen LogP contribution in [-0.2, 0) is 14.8 Å². The molecule has 0 spiro atoms. The molecule has 12 nitrogen and oxygen atoms in total. The highest BCUT2D eigenvalue weighted by Crippen LogP contribution is 2.38. The van der Waals surface area contributed by atoms with Gasteiger partial charge >= 0.3 is 21.5 Å². The van der Waals surface area contributed by atoms with Gasteiger partial charge in [-0.2, -0.15) is 21.6 Å². The number of hydrogen-bond donors (Lipinski definition) is 6. The van der Waals surface area contributed by atoms with E-state index in [0.29, 0.717) is 19.3 Å². The Labute approximate surface area is 241 Å². The molecule has 1 aliphatic rings. The van der Waals surface area contributed by atoms with Crippen LogP contribution in [-0.4, -0.2) is 64.2 Å². The first-order chi connectivity index (χ1) is 20.1. The third kappa shape index (κ3) is 6.58. The Morgan fingerprint density at radius 2 is 1.47 bits per heavy atom. The molecule has 0 saturated heterocycles. The number of carbonyl (C=O) groups is 3. The molecule has 0 radical (unpaired) electrons. The van der Waals surface area contributed by atoms with Crippen LogP contribution in [0.4, 0.5) is 18.9 Å². The standard InChI is InChI=1S/C27H23F3N2O10S/c28-27(29,30)43(40,41)32-17-4-1-5-18(34)22(17)24(37)23-19(35)11-14(12-20(23)36)26(39)42-21-6-2-3-16(21)31-25(38)13-7-9-15(33)10-8-13/h1,4-5,7-12,16,21,32-36H,2-3,6H2,(H,31,38)/t16-,21-/m0/s1. The number of phenols is 4. The molecular weight excluding hydrogens is 601 g/mol. The molecule has 1 fully saturated rings. The molecule has 43 heavy (non-hydrogen) atoms. The van der Waals surface area contributed by atoms with Crippen molar-refractivity contribution >= 4 is 33.4 Å². The van der Waals surface area contributed by atoms with Gasteiger partial charge in [0.05, 0.1) is 22.9 Å². The first-order valence-electron chi connectivity index (χ1n) is 12.4. The number of alkyl halides is 3. The number of rotatable bonds is 8. The molecule has 6 N–H and O–H groups in total. The second-order valence-corrected chi connectivity index (χ2v) is 11.1. The Kier molecular flexibility index (Phi) is 8.43. The van der Waals surface area contributed by atoms with Gasteiger partial charge in [-0.25, -0.2) is 4.79 Å². The van der Waals surface area contributed by atoms with E-state index in [4.69, 9.17) is 4.74 Å². The van der Waals surface area contributed by atoms with E-state index in [1.54, 1.807) is 0 Å². The van der Waals surface area contributed by atoms with Gasteiger partial charge in [-0.15, -0.1) is 0 Å². The minimum absolute atomic E-state index is 0.0319. The van der Waals surface area contributed by atoms with E-state index in [1.165, 1.54) is 24.3 Å². The number of ketones is 1. The van der Waals surface area contributed by atoms with Crippen molar-refractivity contribution in [2.45, 2.75) is 36.9 Å². The minimum Gasteiger partial charge on any atom is -0.508 e. The van der Waals surface area contributed by atoms with Gasteiger partial charge in [0, 0.05) is 5.56 Å². The number of amides is 1. The van der Waals surface area contributed by atoms with Crippen molar-refractivity contribution in [3.63, 3.8) is 0 Å². The highest BCUT2D eigenvalue weighted by molar-refractivity contribution is 7.93. The largest absolute Gasteiger partial charge is 0.516 e. The number of carbonyl (C=O) groups excluding carboxylic acids is 3. The summed E-state index contributed by atoms with van der Waals surface area (Å²) in [6.07, 6.45) is 0.616. The third-order valence-electron chi connectivity index (χ3n) is 6.53. The van der Waals surface area contributed by atoms with Crippen molar-refractivity contribution in [3.05, 3.63) is 76.9 Å². The number of esters is 1. The monoisotopic (exact) mass is 624 g/mol. The lowest BCUT2D eigenvalue weighted by molar-refractivity contribution is -0.0429. The highest BCUT2D eigenvalue weighted by Gasteiger charge is 2.46. The van der Waals surface area contributed by atoms with Gasteiger partial charge in [0.2, 0.25) is 5.78 Å². The maximum atomic E-state index is 13.1. The predicted octanol–water partition coefficient (Wildman–Crippen LogP) is 3.51. The summed E-state index contributed by atoms with van der Waals surface area (Å²) in [6.45, 7) is 0. The molecule has 0 aliphatic heterocycles. The Balaban J connectivity index is 1.54. The summed E-state index contributed by atoms with van der Waals surface area (Å²) in [5.41, 5.74) is -8.91. The number of benzene rings is 3. The zero-order valence-electron chi connectivity index (χ0n) is 21.8. The smallest absolute Gasteiger partial charge is 0.508 e. The first kappa shape index (κ1) is 31.0. The quantitative estimate of drug-likeness (QED) is 0.159. The van der Waals surface area contributed by atoms with Crippen LogP contribution in [0.1, 0.15) is 55.9 Å². The third-order valence-corrected chi connectivity index (χ3v) is 7.63. The lowest BCUT2D eigenvalue weighted by atomic mass is 9.97. The van der Waals surface area contributed by atoms with E-state index in [1.807, 2.05) is 0 Å². The van der Waals surface area contributed by atoms with Crippen LogP contribution in [0.2, 0.25) is 0 Å². The van der Waals surface area contributed by atoms with Gasteiger partial charge in [0.1, 0.15) is 34.7 Å². The van der Waals surface area contributed by atoms with Crippen molar-refractivity contribution in [3.8, 4) is 23.0 Å². The van der Waals surface area contributed by atoms with E-state index in [9.17, 15) is 56.4 Å². The molecular formula is C27H23F3N2O10S. The molecule has 228 valence electrons. The number of aromatic hydroxyl groups is 4. The normalized spacial score (nSPS) is 16.8. The SMILES string of the molecule is O=C(N[C@H]1CCC[C@@H]1OC(=O)c1cc(O)c(C(=O)c2c(O)cccc2NS(=O)(=O)C(F)(F)F)c(O)c1)c1ccc(O)cc1. The molecule has 16 heteroatoms. The van der Waals surface area contributed by atoms with Gasteiger partial charge in [0.25, 0.3) is 5.91 Å². The Hall–Kier alpha value is -4.99. The van der Waals surface area contributed by atoms with E-state index in [-0.39, 0.29) is 11.3 Å². The van der Waals surface area contributed by atoms with Crippen LogP contribution in [0.5, 0.6) is 23.0 Å². The van der Waals surface area contributed by atoms with Crippen LogP contribution in [0, 0.1) is 0 Å². The summed E-state index contributed by atoms with van der Waals surface area (Å²) in [7, 11) is -6.02. The maximum Gasteiger partial charge on any atom is 0.516 e. The van der Waals surface area contributed by atoms with Gasteiger partial charge in [-0.3, -0.25) is 14.3 Å². The minimum atomic E-state index is -6.02. The average molecular weight is 625 g/mol. The van der Waals surface area contributed by atoms with Crippen LogP contribution in [0.3, 0.4) is 0 Å². The molecule has 3 aromatic carbocycles. The summed E-state index contributed by atoms with van der Waals surface area (Å²) in [5.74, 6) is -6.08. The van der Waals surface area contributed by atoms with Crippen LogP contribution < -0.4 is 10.0 Å². The Morgan fingerprint density at radius 1 is 0.837 bits per heavy atom. The second kappa shape index (κ2) is 11.7. The Morgan fingerprint density at radius 3 is 2.07 bits per heavy atom. The van der Waals surface area contributed by atoms with E-state index in [2.05, 4.69) is 5.32 Å². The zero-order chi connectivity index (χ0) is 31.7. The topological polar surface area (TPSA) is 200 Å². The van der Waals surface area contributed by atoms with Crippen molar-refractivity contribution < 1.29 is 61.1 Å². The fourth-order valence-electron chi connectivity index (χ4n) is 4.46. The summed E-state index contributed by atoms with van der Waals surface area (Å²) in [6, 6.07) is 8.88. The number of halogens is 3. The van der Waals surface area contributed by atoms with Crippen molar-refractivity contribution in [1.82, 2.24) is 5.32 Å². The molecule has 0 bridgehead atoms. The number of sulfonamides is 1. The average Bonchev–Trinajstić information content (AvgIpc) is 3.33. The molecule has 1 aliphatic carbocycles. The number of anilines is 1. The van der Waals surface area contributed by atoms with E-state index >= 15 is 0 Å². The van der Waals surface area contributed by atoms with Gasteiger partial charge in [0.15, 0.2) is 0 Å². The van der Waals surface area contributed by atoms with Gasteiger partial charge in [-0.05, 0) is 67.8 Å². The lowest BCUT2D eigenvalue weighted by Crippen LogP contribution is -2.41. The lowest BCUT2D eigenvalue weighted by Gasteiger charge is -2.22. The molecule has 3 aromatic rings. The molecule has 4 rings (SSSR count). The zero-order valence-corrected chi connectivity index (χ0v) is 22.6. The summed E-state index contributed by atoms with van der Waals surface area (Å²) in [4.78, 5) is 38.6. The molecule has 0 unspecified atom stereocenters. The number of phenolic OH excluding ortho intramolecular Hbond substituents is 4. The van der Waals surface area contributed by atoms with Crippen molar-refractivity contribution in [2.24, 2.45) is 0 Å². The predicted molar refractivity (Wildman–Crippen MR) is 142 cm³/mol. The molecule has 0 aromatic heterocycles. The Bertz CT molecular complexity index is 1670. The number of ether oxygens (including phenoxy) is 1. The highest BCUT2D eigenvalue weighted by atomic mass is 32.2. The number of hydrogen-bond acceptors (Lipinski definition) is 10. The molecule has 0 heterocycles. The maximum absolute atomic E-state index is 13.1. The van der Waals surface area contributed by atoms with Gasteiger partial charge < -0.3 is 30.5 Å². The van der Waals surface area contributed by atoms with Crippen molar-refractivity contribution in [2.75, 3.05) is 4.72 Å². The molecule has 1 amide bonds. The van der Waals surface area contributed by atoms with Crippen LogP contribution in [0.15, 0.2) is 54.6 Å². The first-order valence-corrected chi connectivity index (χ1v) is 13.9. The summed E-state index contributed by atoms with van der Waals surface area (Å²) in [5, 5.41) is 43.3. The van der Waals surface area contributed by atoms with Crippen LogP contribution >= 0.6 is 0 Å². The van der Waals surface area contributed by atoms with E-state index in [0.717, 1.165) is 35.1 Å². The molecule has 2 atom stereocenters. The summed E-state index contributed by atoms with van der Waals surface area (Å²) < 4.78 is 68.5. The fraction of sp³-hybridized carbons (Fsp3) is 0.222. The van der Waals surface area contributed by atoms with Crippen molar-refractivity contribution in [1.29, 1.82) is 0 Å².